The zero-order chi connectivity index (χ0) is 15.7. The lowest BCUT2D eigenvalue weighted by Gasteiger charge is -2.27. The van der Waals surface area contributed by atoms with Crippen molar-refractivity contribution in [3.63, 3.8) is 0 Å². The maximum absolute atomic E-state index is 12.3. The molecule has 0 aliphatic carbocycles. The summed E-state index contributed by atoms with van der Waals surface area (Å²) in [5.74, 6) is -1.14. The van der Waals surface area contributed by atoms with Gasteiger partial charge in [-0.25, -0.2) is 17.9 Å². The van der Waals surface area contributed by atoms with E-state index in [0.29, 0.717) is 5.56 Å². The molecule has 0 heterocycles. The lowest BCUT2D eigenvalue weighted by Crippen LogP contribution is -2.41. The predicted molar refractivity (Wildman–Crippen MR) is 77.4 cm³/mol. The number of aryl methyl sites for hydroxylation is 1. The van der Waals surface area contributed by atoms with Crippen molar-refractivity contribution in [2.75, 3.05) is 0 Å². The first kappa shape index (κ1) is 16.7. The minimum absolute atomic E-state index is 0.00344. The van der Waals surface area contributed by atoms with E-state index < -0.39 is 16.0 Å². The summed E-state index contributed by atoms with van der Waals surface area (Å²) in [6.07, 6.45) is 0. The molecule has 2 N–H and O–H groups in total. The maximum atomic E-state index is 12.3. The van der Waals surface area contributed by atoms with Gasteiger partial charge in [0.05, 0.1) is 10.5 Å². The standard InChI is InChI=1S/C14H21NO4S/c1-9-6-7-11(8-12(9)13(16)17)20(18,19)15-10(2)14(3,4)5/h6-8,10,15H,1-5H3,(H,16,17). The van der Waals surface area contributed by atoms with Gasteiger partial charge in [0.25, 0.3) is 0 Å². The number of carbonyl (C=O) groups is 1. The van der Waals surface area contributed by atoms with Crippen molar-refractivity contribution in [2.45, 2.75) is 45.6 Å². The van der Waals surface area contributed by atoms with Gasteiger partial charge in [-0.15, -0.1) is 0 Å². The molecule has 1 aromatic carbocycles. The van der Waals surface area contributed by atoms with Gasteiger partial charge >= 0.3 is 5.97 Å². The Morgan fingerprint density at radius 3 is 2.30 bits per heavy atom. The summed E-state index contributed by atoms with van der Waals surface area (Å²) in [4.78, 5) is 11.0. The lowest BCUT2D eigenvalue weighted by molar-refractivity contribution is 0.0696. The average molecular weight is 299 g/mol. The summed E-state index contributed by atoms with van der Waals surface area (Å²) in [6, 6.07) is 3.83. The van der Waals surface area contributed by atoms with Gasteiger partial charge in [0.2, 0.25) is 10.0 Å². The van der Waals surface area contributed by atoms with Crippen molar-refractivity contribution in [3.05, 3.63) is 29.3 Å². The molecule has 0 bridgehead atoms. The molecule has 0 aromatic heterocycles. The molecular formula is C14H21NO4S. The molecular weight excluding hydrogens is 278 g/mol. The van der Waals surface area contributed by atoms with E-state index in [1.54, 1.807) is 13.8 Å². The molecule has 0 saturated heterocycles. The van der Waals surface area contributed by atoms with E-state index >= 15 is 0 Å². The number of carboxylic acids is 1. The molecule has 0 aliphatic heterocycles. The fourth-order valence-corrected chi connectivity index (χ4v) is 2.95. The van der Waals surface area contributed by atoms with Crippen molar-refractivity contribution in [2.24, 2.45) is 5.41 Å². The van der Waals surface area contributed by atoms with Crippen LogP contribution in [0.2, 0.25) is 0 Å². The van der Waals surface area contributed by atoms with Crippen LogP contribution in [0.25, 0.3) is 0 Å². The summed E-state index contributed by atoms with van der Waals surface area (Å²) >= 11 is 0. The van der Waals surface area contributed by atoms with Crippen LogP contribution in [0.1, 0.15) is 43.6 Å². The third-order valence-corrected chi connectivity index (χ3v) is 4.92. The highest BCUT2D eigenvalue weighted by molar-refractivity contribution is 7.89. The molecule has 112 valence electrons. The third-order valence-electron chi connectivity index (χ3n) is 3.38. The van der Waals surface area contributed by atoms with Crippen molar-refractivity contribution in [3.8, 4) is 0 Å². The van der Waals surface area contributed by atoms with E-state index in [1.807, 2.05) is 20.8 Å². The van der Waals surface area contributed by atoms with Crippen molar-refractivity contribution >= 4 is 16.0 Å². The molecule has 6 heteroatoms. The Balaban J connectivity index is 3.17. The van der Waals surface area contributed by atoms with E-state index in [4.69, 9.17) is 5.11 Å². The minimum atomic E-state index is -3.73. The largest absolute Gasteiger partial charge is 0.478 e. The number of sulfonamides is 1. The second kappa shape index (κ2) is 5.54. The van der Waals surface area contributed by atoms with Crippen LogP contribution in [-0.2, 0) is 10.0 Å². The van der Waals surface area contributed by atoms with Crippen LogP contribution in [0.4, 0.5) is 0 Å². The Bertz CT molecular complexity index is 615. The van der Waals surface area contributed by atoms with Gasteiger partial charge in [-0.05, 0) is 37.0 Å². The topological polar surface area (TPSA) is 83.5 Å². The number of hydrogen-bond donors (Lipinski definition) is 2. The number of carboxylic acid groups (broad SMARTS) is 1. The summed E-state index contributed by atoms with van der Waals surface area (Å²) in [5.41, 5.74) is 0.296. The normalized spacial score (nSPS) is 14.1. The zero-order valence-corrected chi connectivity index (χ0v) is 13.2. The van der Waals surface area contributed by atoms with Gasteiger partial charge < -0.3 is 5.11 Å². The lowest BCUT2D eigenvalue weighted by atomic mass is 9.89. The Morgan fingerprint density at radius 2 is 1.85 bits per heavy atom. The van der Waals surface area contributed by atoms with Crippen LogP contribution in [0, 0.1) is 12.3 Å². The van der Waals surface area contributed by atoms with Gasteiger partial charge in [0.1, 0.15) is 0 Å². The molecule has 1 unspecified atom stereocenters. The Morgan fingerprint density at radius 1 is 1.30 bits per heavy atom. The van der Waals surface area contributed by atoms with Crippen molar-refractivity contribution < 1.29 is 18.3 Å². The average Bonchev–Trinajstić information content (AvgIpc) is 2.26. The highest BCUT2D eigenvalue weighted by atomic mass is 32.2. The molecule has 1 aromatic rings. The monoisotopic (exact) mass is 299 g/mol. The quantitative estimate of drug-likeness (QED) is 0.894. The number of hydrogen-bond acceptors (Lipinski definition) is 3. The third kappa shape index (κ3) is 3.80. The first-order valence-electron chi connectivity index (χ1n) is 6.31. The van der Waals surface area contributed by atoms with Crippen molar-refractivity contribution in [1.82, 2.24) is 4.72 Å². The fraction of sp³-hybridized carbons (Fsp3) is 0.500. The molecule has 0 saturated carbocycles. The highest BCUT2D eigenvalue weighted by Gasteiger charge is 2.26. The SMILES string of the molecule is Cc1ccc(S(=O)(=O)NC(C)C(C)(C)C)cc1C(=O)O. The van der Waals surface area contributed by atoms with Gasteiger partial charge in [0.15, 0.2) is 0 Å². The Kier molecular flexibility index (Phi) is 4.61. The molecule has 1 rings (SSSR count). The van der Waals surface area contributed by atoms with E-state index in [2.05, 4.69) is 4.72 Å². The summed E-state index contributed by atoms with van der Waals surface area (Å²) in [7, 11) is -3.73. The van der Waals surface area contributed by atoms with E-state index in [9.17, 15) is 13.2 Å². The predicted octanol–water partition coefficient (Wildman–Crippen LogP) is 2.41. The summed E-state index contributed by atoms with van der Waals surface area (Å²) in [5, 5.41) is 9.05. The van der Waals surface area contributed by atoms with Crippen molar-refractivity contribution in [1.29, 1.82) is 0 Å². The first-order chi connectivity index (χ1) is 8.95. The van der Waals surface area contributed by atoms with Crippen LogP contribution >= 0.6 is 0 Å². The van der Waals surface area contributed by atoms with Gasteiger partial charge in [-0.2, -0.15) is 0 Å². The molecule has 0 fully saturated rings. The van der Waals surface area contributed by atoms with Crippen LogP contribution in [0.15, 0.2) is 23.1 Å². The van der Waals surface area contributed by atoms with E-state index in [1.165, 1.54) is 18.2 Å². The second-order valence-corrected chi connectivity index (χ2v) is 7.70. The zero-order valence-electron chi connectivity index (χ0n) is 12.4. The molecule has 0 aliphatic rings. The fourth-order valence-electron chi connectivity index (χ4n) is 1.48. The molecule has 0 radical (unpaired) electrons. The first-order valence-corrected chi connectivity index (χ1v) is 7.80. The Hall–Kier alpha value is -1.40. The number of nitrogens with one attached hydrogen (secondary N) is 1. The summed E-state index contributed by atoms with van der Waals surface area (Å²) < 4.78 is 27.1. The summed E-state index contributed by atoms with van der Waals surface area (Å²) in [6.45, 7) is 9.20. The minimum Gasteiger partial charge on any atom is -0.478 e. The molecule has 0 amide bonds. The van der Waals surface area contributed by atoms with Crippen LogP contribution in [0.3, 0.4) is 0 Å². The van der Waals surface area contributed by atoms with Crippen LogP contribution in [-0.4, -0.2) is 25.5 Å². The van der Waals surface area contributed by atoms with Gasteiger partial charge in [-0.3, -0.25) is 0 Å². The van der Waals surface area contributed by atoms with Crippen LogP contribution in [0.5, 0.6) is 0 Å². The van der Waals surface area contributed by atoms with E-state index in [-0.39, 0.29) is 21.9 Å². The van der Waals surface area contributed by atoms with Crippen LogP contribution < -0.4 is 4.72 Å². The maximum Gasteiger partial charge on any atom is 0.335 e. The number of rotatable bonds is 4. The number of benzene rings is 1. The van der Waals surface area contributed by atoms with Gasteiger partial charge in [-0.1, -0.05) is 26.8 Å². The molecule has 1 atom stereocenters. The number of aromatic carboxylic acids is 1. The van der Waals surface area contributed by atoms with Gasteiger partial charge in [0, 0.05) is 6.04 Å². The molecule has 20 heavy (non-hydrogen) atoms. The smallest absolute Gasteiger partial charge is 0.335 e. The second-order valence-electron chi connectivity index (χ2n) is 5.99. The van der Waals surface area contributed by atoms with E-state index in [0.717, 1.165) is 0 Å². The molecule has 0 spiro atoms. The molecule has 5 nitrogen and oxygen atoms in total. The highest BCUT2D eigenvalue weighted by Crippen LogP contribution is 2.22. The Labute approximate surface area is 120 Å².